The fraction of sp³-hybridized carbons (Fsp3) is 0.667. The van der Waals surface area contributed by atoms with E-state index in [1.165, 1.54) is 19.3 Å². The highest BCUT2D eigenvalue weighted by atomic mass is 32.2. The largest absolute Gasteiger partial charge is 0.313 e. The molecule has 1 aromatic heterocycles. The van der Waals surface area contributed by atoms with Gasteiger partial charge in [0.05, 0.1) is 20.3 Å². The number of thiophene rings is 1. The lowest BCUT2D eigenvalue weighted by Crippen LogP contribution is -2.44. The van der Waals surface area contributed by atoms with Gasteiger partial charge in [-0.05, 0) is 30.8 Å². The Morgan fingerprint density at radius 3 is 3.00 bits per heavy atom. The Morgan fingerprint density at radius 2 is 2.31 bits per heavy atom. The molecule has 1 fully saturated rings. The fourth-order valence-electron chi connectivity index (χ4n) is 2.38. The first-order chi connectivity index (χ1) is 7.83. The Hall–Kier alpha value is -0.190. The molecule has 0 amide bonds. The first-order valence-corrected chi connectivity index (χ1v) is 8.09. The molecule has 3 unspecified atom stereocenters. The van der Waals surface area contributed by atoms with Gasteiger partial charge in [-0.15, -0.1) is 11.3 Å². The Balaban J connectivity index is 2.08. The first kappa shape index (κ1) is 12.3. The molecule has 0 spiro atoms. The van der Waals surface area contributed by atoms with E-state index in [0.29, 0.717) is 11.3 Å². The third-order valence-corrected chi connectivity index (χ3v) is 6.23. The van der Waals surface area contributed by atoms with Crippen LogP contribution in [0.15, 0.2) is 21.7 Å². The van der Waals surface area contributed by atoms with Crippen LogP contribution in [-0.2, 0) is 10.8 Å². The van der Waals surface area contributed by atoms with Crippen LogP contribution in [0.3, 0.4) is 0 Å². The van der Waals surface area contributed by atoms with Crippen molar-refractivity contribution < 1.29 is 4.21 Å². The fourth-order valence-corrected chi connectivity index (χ4v) is 5.16. The second kappa shape index (κ2) is 5.94. The van der Waals surface area contributed by atoms with E-state index in [-0.39, 0.29) is 0 Å². The second-order valence-corrected chi connectivity index (χ2v) is 7.06. The van der Waals surface area contributed by atoms with Gasteiger partial charge in [0.1, 0.15) is 0 Å². The van der Waals surface area contributed by atoms with Crippen molar-refractivity contribution in [3.63, 3.8) is 0 Å². The molecule has 0 aliphatic heterocycles. The molecule has 0 bridgehead atoms. The summed E-state index contributed by atoms with van der Waals surface area (Å²) in [7, 11) is -0.814. The number of rotatable bonds is 4. The molecule has 0 radical (unpaired) electrons. The van der Waals surface area contributed by atoms with E-state index in [1.807, 2.05) is 17.5 Å². The van der Waals surface area contributed by atoms with E-state index < -0.39 is 10.8 Å². The molecule has 90 valence electrons. The molecular formula is C12H19NOS2. The van der Waals surface area contributed by atoms with Crippen molar-refractivity contribution in [1.82, 2.24) is 5.32 Å². The molecule has 1 heterocycles. The van der Waals surface area contributed by atoms with Crippen LogP contribution in [-0.4, -0.2) is 22.0 Å². The van der Waals surface area contributed by atoms with Crippen LogP contribution in [0, 0.1) is 0 Å². The zero-order chi connectivity index (χ0) is 11.4. The third-order valence-electron chi connectivity index (χ3n) is 3.14. The minimum absolute atomic E-state index is 0.312. The Morgan fingerprint density at radius 1 is 1.50 bits per heavy atom. The molecule has 0 saturated heterocycles. The average Bonchev–Trinajstić information content (AvgIpc) is 2.83. The molecule has 2 rings (SSSR count). The van der Waals surface area contributed by atoms with E-state index in [9.17, 15) is 4.21 Å². The highest BCUT2D eigenvalue weighted by Crippen LogP contribution is 2.28. The molecular weight excluding hydrogens is 238 g/mol. The number of hydrogen-bond acceptors (Lipinski definition) is 3. The van der Waals surface area contributed by atoms with Crippen LogP contribution in [0.4, 0.5) is 0 Å². The Labute approximate surface area is 104 Å². The van der Waals surface area contributed by atoms with Gasteiger partial charge < -0.3 is 5.32 Å². The minimum atomic E-state index is -0.814. The van der Waals surface area contributed by atoms with Crippen molar-refractivity contribution in [3.05, 3.63) is 17.5 Å². The van der Waals surface area contributed by atoms with E-state index in [2.05, 4.69) is 12.2 Å². The molecule has 1 aromatic rings. The normalized spacial score (nSPS) is 27.8. The lowest BCUT2D eigenvalue weighted by Gasteiger charge is -2.31. The standard InChI is InChI=1S/C12H19NOS2/c1-2-13-10-6-3-4-7-11(10)16(14)12-8-5-9-15-12/h5,8-11,13H,2-4,6-7H2,1H3. The predicted molar refractivity (Wildman–Crippen MR) is 70.4 cm³/mol. The van der Waals surface area contributed by atoms with Gasteiger partial charge in [0.25, 0.3) is 0 Å². The smallest absolute Gasteiger partial charge is 0.0914 e. The van der Waals surface area contributed by atoms with Gasteiger partial charge in [0.2, 0.25) is 0 Å². The van der Waals surface area contributed by atoms with Crippen LogP contribution >= 0.6 is 11.3 Å². The molecule has 0 aromatic carbocycles. The number of nitrogens with one attached hydrogen (secondary N) is 1. The lowest BCUT2D eigenvalue weighted by atomic mass is 9.95. The van der Waals surface area contributed by atoms with E-state index >= 15 is 0 Å². The van der Waals surface area contributed by atoms with Crippen molar-refractivity contribution in [3.8, 4) is 0 Å². The highest BCUT2D eigenvalue weighted by Gasteiger charge is 2.30. The van der Waals surface area contributed by atoms with Crippen molar-refractivity contribution in [2.24, 2.45) is 0 Å². The molecule has 1 aliphatic carbocycles. The summed E-state index contributed by atoms with van der Waals surface area (Å²) in [5, 5.41) is 5.81. The van der Waals surface area contributed by atoms with Gasteiger partial charge in [-0.25, -0.2) is 0 Å². The Bertz CT molecular complexity index is 335. The average molecular weight is 257 g/mol. The first-order valence-electron chi connectivity index (χ1n) is 6.00. The van der Waals surface area contributed by atoms with Crippen molar-refractivity contribution in [2.45, 2.75) is 48.1 Å². The van der Waals surface area contributed by atoms with Gasteiger partial charge in [-0.3, -0.25) is 4.21 Å². The zero-order valence-electron chi connectivity index (χ0n) is 9.65. The van der Waals surface area contributed by atoms with E-state index in [1.54, 1.807) is 11.3 Å². The summed E-state index contributed by atoms with van der Waals surface area (Å²) >= 11 is 1.62. The summed E-state index contributed by atoms with van der Waals surface area (Å²) in [6, 6.07) is 4.43. The molecule has 3 atom stereocenters. The van der Waals surface area contributed by atoms with Crippen molar-refractivity contribution in [1.29, 1.82) is 0 Å². The maximum Gasteiger partial charge on any atom is 0.0914 e. The second-order valence-electron chi connectivity index (χ2n) is 4.22. The molecule has 1 saturated carbocycles. The SMILES string of the molecule is CCNC1CCCCC1S(=O)c1cccs1. The van der Waals surface area contributed by atoms with Crippen LogP contribution in [0.2, 0.25) is 0 Å². The molecule has 16 heavy (non-hydrogen) atoms. The van der Waals surface area contributed by atoms with Crippen molar-refractivity contribution >= 4 is 22.1 Å². The summed E-state index contributed by atoms with van der Waals surface area (Å²) in [5.74, 6) is 0. The van der Waals surface area contributed by atoms with Gasteiger partial charge in [-0.1, -0.05) is 25.8 Å². The topological polar surface area (TPSA) is 29.1 Å². The van der Waals surface area contributed by atoms with E-state index in [0.717, 1.165) is 17.2 Å². The molecule has 1 N–H and O–H groups in total. The van der Waals surface area contributed by atoms with Crippen LogP contribution in [0.25, 0.3) is 0 Å². The summed E-state index contributed by atoms with van der Waals surface area (Å²) in [6.45, 7) is 3.10. The summed E-state index contributed by atoms with van der Waals surface area (Å²) in [5.41, 5.74) is 0. The highest BCUT2D eigenvalue weighted by molar-refractivity contribution is 7.88. The van der Waals surface area contributed by atoms with Crippen LogP contribution in [0.1, 0.15) is 32.6 Å². The summed E-state index contributed by atoms with van der Waals surface area (Å²) in [6.07, 6.45) is 4.78. The zero-order valence-corrected chi connectivity index (χ0v) is 11.3. The molecule has 1 aliphatic rings. The minimum Gasteiger partial charge on any atom is -0.313 e. The molecule has 2 nitrogen and oxygen atoms in total. The van der Waals surface area contributed by atoms with E-state index in [4.69, 9.17) is 0 Å². The predicted octanol–water partition coefficient (Wildman–Crippen LogP) is 2.78. The Kier molecular flexibility index (Phi) is 4.55. The quantitative estimate of drug-likeness (QED) is 0.898. The van der Waals surface area contributed by atoms with Crippen LogP contribution < -0.4 is 5.32 Å². The summed E-state index contributed by atoms with van der Waals surface area (Å²) < 4.78 is 13.5. The van der Waals surface area contributed by atoms with Gasteiger partial charge in [-0.2, -0.15) is 0 Å². The molecule has 4 heteroatoms. The summed E-state index contributed by atoms with van der Waals surface area (Å²) in [4.78, 5) is 0. The number of hydrogen-bond donors (Lipinski definition) is 1. The maximum absolute atomic E-state index is 12.4. The monoisotopic (exact) mass is 257 g/mol. The lowest BCUT2D eigenvalue weighted by molar-refractivity contribution is 0.385. The maximum atomic E-state index is 12.4. The third kappa shape index (κ3) is 2.73. The van der Waals surface area contributed by atoms with Crippen LogP contribution in [0.5, 0.6) is 0 Å². The van der Waals surface area contributed by atoms with Gasteiger partial charge in [0.15, 0.2) is 0 Å². The van der Waals surface area contributed by atoms with Crippen molar-refractivity contribution in [2.75, 3.05) is 6.54 Å². The van der Waals surface area contributed by atoms with Gasteiger partial charge in [0, 0.05) is 6.04 Å². The van der Waals surface area contributed by atoms with Gasteiger partial charge >= 0.3 is 0 Å².